The van der Waals surface area contributed by atoms with Gasteiger partial charge in [-0.1, -0.05) is 24.3 Å². The number of hydrogen-bond acceptors (Lipinski definition) is 2. The van der Waals surface area contributed by atoms with Crippen LogP contribution in [0.5, 0.6) is 0 Å². The van der Waals surface area contributed by atoms with Crippen molar-refractivity contribution in [3.05, 3.63) is 42.0 Å². The van der Waals surface area contributed by atoms with E-state index in [0.717, 1.165) is 16.3 Å². The first kappa shape index (κ1) is 10.2. The Morgan fingerprint density at radius 2 is 1.73 bits per heavy atom. The van der Waals surface area contributed by atoms with Crippen molar-refractivity contribution in [2.75, 3.05) is 6.26 Å². The molecule has 15 heavy (non-hydrogen) atoms. The average molecular weight is 220 g/mol. The smallest absolute Gasteiger partial charge is 0.175 e. The number of rotatable bonds is 1. The molecule has 0 aliphatic carbocycles. The molecule has 3 heteroatoms. The van der Waals surface area contributed by atoms with E-state index in [4.69, 9.17) is 0 Å². The van der Waals surface area contributed by atoms with Crippen LogP contribution in [0.1, 0.15) is 5.56 Å². The van der Waals surface area contributed by atoms with E-state index < -0.39 is 9.84 Å². The van der Waals surface area contributed by atoms with E-state index in [1.807, 2.05) is 31.2 Å². The van der Waals surface area contributed by atoms with E-state index in [0.29, 0.717) is 4.90 Å². The zero-order chi connectivity index (χ0) is 11.1. The van der Waals surface area contributed by atoms with Gasteiger partial charge in [-0.25, -0.2) is 8.42 Å². The van der Waals surface area contributed by atoms with Crippen molar-refractivity contribution in [2.45, 2.75) is 11.8 Å². The Morgan fingerprint density at radius 3 is 2.40 bits per heavy atom. The van der Waals surface area contributed by atoms with Gasteiger partial charge in [0.2, 0.25) is 0 Å². The van der Waals surface area contributed by atoms with Gasteiger partial charge in [0.25, 0.3) is 0 Å². The molecule has 2 nitrogen and oxygen atoms in total. The third kappa shape index (κ3) is 1.88. The minimum atomic E-state index is -3.12. The van der Waals surface area contributed by atoms with Gasteiger partial charge in [-0.2, -0.15) is 0 Å². The Bertz CT molecular complexity index is 613. The van der Waals surface area contributed by atoms with E-state index in [9.17, 15) is 8.42 Å². The van der Waals surface area contributed by atoms with E-state index >= 15 is 0 Å². The minimum absolute atomic E-state index is 0.388. The second kappa shape index (κ2) is 3.35. The molecule has 78 valence electrons. The van der Waals surface area contributed by atoms with Crippen LogP contribution in [-0.2, 0) is 9.84 Å². The zero-order valence-electron chi connectivity index (χ0n) is 8.69. The molecule has 0 aromatic heterocycles. The molecule has 0 amide bonds. The highest BCUT2D eigenvalue weighted by Crippen LogP contribution is 2.22. The minimum Gasteiger partial charge on any atom is -0.224 e. The molecule has 0 aliphatic rings. The lowest BCUT2D eigenvalue weighted by molar-refractivity contribution is 0.602. The lowest BCUT2D eigenvalue weighted by Crippen LogP contribution is -1.97. The first-order valence-corrected chi connectivity index (χ1v) is 6.57. The Hall–Kier alpha value is -1.35. The summed E-state index contributed by atoms with van der Waals surface area (Å²) in [6.45, 7) is 1.93. The van der Waals surface area contributed by atoms with Crippen LogP contribution in [-0.4, -0.2) is 14.7 Å². The fourth-order valence-corrected chi connectivity index (χ4v) is 2.41. The first-order valence-electron chi connectivity index (χ1n) is 4.68. The highest BCUT2D eigenvalue weighted by molar-refractivity contribution is 7.90. The molecule has 0 N–H and O–H groups in total. The maximum absolute atomic E-state index is 11.4. The van der Waals surface area contributed by atoms with Crippen molar-refractivity contribution in [1.82, 2.24) is 0 Å². The van der Waals surface area contributed by atoms with Crippen LogP contribution in [0.3, 0.4) is 0 Å². The van der Waals surface area contributed by atoms with Crippen LogP contribution >= 0.6 is 0 Å². The third-order valence-electron chi connectivity index (χ3n) is 2.47. The Labute approximate surface area is 89.5 Å². The van der Waals surface area contributed by atoms with Gasteiger partial charge in [0.15, 0.2) is 9.84 Å². The zero-order valence-corrected chi connectivity index (χ0v) is 9.51. The first-order chi connectivity index (χ1) is 6.98. The summed E-state index contributed by atoms with van der Waals surface area (Å²) in [7, 11) is -3.12. The normalized spacial score (nSPS) is 11.9. The molecular formula is C12H12O2S. The number of fused-ring (bicyclic) bond motifs is 1. The molecule has 0 unspecified atom stereocenters. The van der Waals surface area contributed by atoms with Gasteiger partial charge in [-0.05, 0) is 35.4 Å². The Morgan fingerprint density at radius 1 is 1.07 bits per heavy atom. The van der Waals surface area contributed by atoms with E-state index in [2.05, 4.69) is 0 Å². The van der Waals surface area contributed by atoms with Crippen LogP contribution in [0.15, 0.2) is 41.3 Å². The van der Waals surface area contributed by atoms with Crippen molar-refractivity contribution in [3.63, 3.8) is 0 Å². The standard InChI is InChI=1S/C12H12O2S/c1-9-7-11(15(2,13)14)8-10-5-3-4-6-12(9)10/h3-8H,1-2H3. The summed E-state index contributed by atoms with van der Waals surface area (Å²) in [5.41, 5.74) is 0.994. The van der Waals surface area contributed by atoms with E-state index in [-0.39, 0.29) is 0 Å². The van der Waals surface area contributed by atoms with E-state index in [1.54, 1.807) is 12.1 Å². The second-order valence-electron chi connectivity index (χ2n) is 3.73. The van der Waals surface area contributed by atoms with Gasteiger partial charge in [0.05, 0.1) is 4.90 Å². The largest absolute Gasteiger partial charge is 0.224 e. The third-order valence-corrected chi connectivity index (χ3v) is 3.56. The molecule has 0 spiro atoms. The summed E-state index contributed by atoms with van der Waals surface area (Å²) in [5, 5.41) is 2.07. The van der Waals surface area contributed by atoms with Gasteiger partial charge in [0.1, 0.15) is 0 Å². The molecule has 0 heterocycles. The van der Waals surface area contributed by atoms with Gasteiger partial charge in [-0.3, -0.25) is 0 Å². The van der Waals surface area contributed by atoms with Crippen LogP contribution in [0.25, 0.3) is 10.8 Å². The van der Waals surface area contributed by atoms with Crippen molar-refractivity contribution in [3.8, 4) is 0 Å². The maximum Gasteiger partial charge on any atom is 0.175 e. The number of hydrogen-bond donors (Lipinski definition) is 0. The molecule has 0 radical (unpaired) electrons. The number of benzene rings is 2. The topological polar surface area (TPSA) is 34.1 Å². The fraction of sp³-hybridized carbons (Fsp3) is 0.167. The van der Waals surface area contributed by atoms with Crippen molar-refractivity contribution >= 4 is 20.6 Å². The van der Waals surface area contributed by atoms with Gasteiger partial charge < -0.3 is 0 Å². The van der Waals surface area contributed by atoms with E-state index in [1.165, 1.54) is 6.26 Å². The highest BCUT2D eigenvalue weighted by atomic mass is 32.2. The van der Waals surface area contributed by atoms with Crippen LogP contribution in [0.2, 0.25) is 0 Å². The van der Waals surface area contributed by atoms with Gasteiger partial charge >= 0.3 is 0 Å². The fourth-order valence-electron chi connectivity index (χ4n) is 1.68. The predicted molar refractivity (Wildman–Crippen MR) is 61.8 cm³/mol. The molecule has 2 rings (SSSR count). The predicted octanol–water partition coefficient (Wildman–Crippen LogP) is 2.55. The summed E-state index contributed by atoms with van der Waals surface area (Å²) >= 11 is 0. The lowest BCUT2D eigenvalue weighted by atomic mass is 10.1. The molecule has 0 atom stereocenters. The number of sulfone groups is 1. The SMILES string of the molecule is Cc1cc(S(C)(=O)=O)cc2ccccc12. The monoisotopic (exact) mass is 220 g/mol. The quantitative estimate of drug-likeness (QED) is 0.740. The van der Waals surface area contributed by atoms with Crippen LogP contribution < -0.4 is 0 Å². The molecule has 0 bridgehead atoms. The van der Waals surface area contributed by atoms with Gasteiger partial charge in [-0.15, -0.1) is 0 Å². The van der Waals surface area contributed by atoms with Gasteiger partial charge in [0, 0.05) is 6.26 Å². The lowest BCUT2D eigenvalue weighted by Gasteiger charge is -2.05. The Kier molecular flexibility index (Phi) is 2.27. The summed E-state index contributed by atoms with van der Waals surface area (Å²) in [4.78, 5) is 0.388. The molecule has 0 saturated heterocycles. The van der Waals surface area contributed by atoms with Crippen LogP contribution in [0, 0.1) is 6.92 Å². The molecular weight excluding hydrogens is 208 g/mol. The summed E-state index contributed by atoms with van der Waals surface area (Å²) < 4.78 is 22.9. The molecule has 0 fully saturated rings. The van der Waals surface area contributed by atoms with Crippen LogP contribution in [0.4, 0.5) is 0 Å². The highest BCUT2D eigenvalue weighted by Gasteiger charge is 2.09. The molecule has 0 aliphatic heterocycles. The van der Waals surface area contributed by atoms with Crippen molar-refractivity contribution < 1.29 is 8.42 Å². The maximum atomic E-state index is 11.4. The van der Waals surface area contributed by atoms with Crippen molar-refractivity contribution in [1.29, 1.82) is 0 Å². The molecule has 2 aromatic rings. The second-order valence-corrected chi connectivity index (χ2v) is 5.75. The molecule has 2 aromatic carbocycles. The summed E-state index contributed by atoms with van der Waals surface area (Å²) in [6, 6.07) is 11.2. The number of aryl methyl sites for hydroxylation is 1. The van der Waals surface area contributed by atoms with Crippen molar-refractivity contribution in [2.24, 2.45) is 0 Å². The summed E-state index contributed by atoms with van der Waals surface area (Å²) in [6.07, 6.45) is 1.23. The average Bonchev–Trinajstić information content (AvgIpc) is 2.16. The molecule has 0 saturated carbocycles. The Balaban J connectivity index is 2.85. The summed E-state index contributed by atoms with van der Waals surface area (Å²) in [5.74, 6) is 0.